The van der Waals surface area contributed by atoms with Crippen LogP contribution in [0.3, 0.4) is 0 Å². The van der Waals surface area contributed by atoms with Crippen molar-refractivity contribution in [3.8, 4) is 0 Å². The SMILES string of the molecule is FC(F)C(F)(F)CNc1nnc(CCl)o1. The van der Waals surface area contributed by atoms with Crippen LogP contribution in [0.5, 0.6) is 0 Å². The molecule has 0 radical (unpaired) electrons. The minimum absolute atomic E-state index is 0.0135. The number of anilines is 1. The molecule has 15 heavy (non-hydrogen) atoms. The van der Waals surface area contributed by atoms with Gasteiger partial charge in [-0.1, -0.05) is 5.10 Å². The van der Waals surface area contributed by atoms with Gasteiger partial charge in [-0.3, -0.25) is 0 Å². The van der Waals surface area contributed by atoms with E-state index in [1.165, 1.54) is 0 Å². The maximum atomic E-state index is 12.4. The van der Waals surface area contributed by atoms with Crippen LogP contribution in [0.4, 0.5) is 23.6 Å². The predicted octanol–water partition coefficient (Wildman–Crippen LogP) is 2.12. The third-order valence-electron chi connectivity index (χ3n) is 1.38. The smallest absolute Gasteiger partial charge is 0.324 e. The van der Waals surface area contributed by atoms with Crippen molar-refractivity contribution in [1.29, 1.82) is 0 Å². The minimum atomic E-state index is -4.14. The number of aromatic nitrogens is 2. The maximum Gasteiger partial charge on any atom is 0.324 e. The molecule has 4 nitrogen and oxygen atoms in total. The van der Waals surface area contributed by atoms with Gasteiger partial charge in [-0.2, -0.15) is 8.78 Å². The van der Waals surface area contributed by atoms with Crippen LogP contribution in [-0.4, -0.2) is 29.1 Å². The van der Waals surface area contributed by atoms with Gasteiger partial charge in [0.05, 0.1) is 6.54 Å². The van der Waals surface area contributed by atoms with Gasteiger partial charge < -0.3 is 9.73 Å². The zero-order chi connectivity index (χ0) is 11.5. The molecule has 0 saturated heterocycles. The van der Waals surface area contributed by atoms with Crippen molar-refractivity contribution >= 4 is 17.6 Å². The Bertz CT molecular complexity index is 319. The lowest BCUT2D eigenvalue weighted by Crippen LogP contribution is -2.34. The van der Waals surface area contributed by atoms with E-state index in [9.17, 15) is 17.6 Å². The fraction of sp³-hybridized carbons (Fsp3) is 0.667. The Hall–Kier alpha value is -1.05. The number of nitrogens with zero attached hydrogens (tertiary/aromatic N) is 2. The van der Waals surface area contributed by atoms with Crippen LogP contribution in [0.15, 0.2) is 4.42 Å². The van der Waals surface area contributed by atoms with Crippen molar-refractivity contribution in [3.05, 3.63) is 5.89 Å². The Kier molecular flexibility index (Phi) is 3.72. The Morgan fingerprint density at radius 2 is 2.07 bits per heavy atom. The molecule has 0 fully saturated rings. The summed E-state index contributed by atoms with van der Waals surface area (Å²) in [5, 5.41) is 8.49. The predicted molar refractivity (Wildman–Crippen MR) is 43.3 cm³/mol. The number of hydrogen-bond donors (Lipinski definition) is 1. The molecule has 0 bridgehead atoms. The van der Waals surface area contributed by atoms with Crippen LogP contribution < -0.4 is 5.32 Å². The zero-order valence-electron chi connectivity index (χ0n) is 7.18. The summed E-state index contributed by atoms with van der Waals surface area (Å²) in [4.78, 5) is 0. The molecular formula is C6H6ClF4N3O. The summed E-state index contributed by atoms with van der Waals surface area (Å²) in [5.41, 5.74) is 0. The highest BCUT2D eigenvalue weighted by atomic mass is 35.5. The molecule has 0 aliphatic heterocycles. The maximum absolute atomic E-state index is 12.4. The van der Waals surface area contributed by atoms with Gasteiger partial charge in [0.1, 0.15) is 5.88 Å². The molecule has 0 aliphatic rings. The summed E-state index contributed by atoms with van der Waals surface area (Å²) in [6.07, 6.45) is -3.75. The van der Waals surface area contributed by atoms with Crippen molar-refractivity contribution in [3.63, 3.8) is 0 Å². The molecule has 1 aromatic rings. The monoisotopic (exact) mass is 247 g/mol. The van der Waals surface area contributed by atoms with Gasteiger partial charge in [-0.25, -0.2) is 8.78 Å². The van der Waals surface area contributed by atoms with E-state index in [1.54, 1.807) is 0 Å². The highest BCUT2D eigenvalue weighted by molar-refractivity contribution is 6.16. The van der Waals surface area contributed by atoms with E-state index in [1.807, 2.05) is 5.32 Å². The second-order valence-electron chi connectivity index (χ2n) is 2.55. The summed E-state index contributed by atoms with van der Waals surface area (Å²) in [6, 6.07) is -0.369. The minimum Gasteiger partial charge on any atom is -0.407 e. The normalized spacial score (nSPS) is 12.1. The summed E-state index contributed by atoms with van der Waals surface area (Å²) in [6.45, 7) is -1.28. The van der Waals surface area contributed by atoms with Crippen LogP contribution in [0.1, 0.15) is 5.89 Å². The van der Waals surface area contributed by atoms with Crippen LogP contribution in [-0.2, 0) is 5.88 Å². The second kappa shape index (κ2) is 4.65. The van der Waals surface area contributed by atoms with E-state index in [0.717, 1.165) is 0 Å². The first kappa shape index (κ1) is 12.0. The molecule has 86 valence electrons. The number of nitrogens with one attached hydrogen (secondary N) is 1. The van der Waals surface area contributed by atoms with Crippen LogP contribution in [0.2, 0.25) is 0 Å². The van der Waals surface area contributed by atoms with E-state index >= 15 is 0 Å². The average molecular weight is 248 g/mol. The van der Waals surface area contributed by atoms with E-state index < -0.39 is 18.9 Å². The first-order chi connectivity index (χ1) is 6.95. The lowest BCUT2D eigenvalue weighted by molar-refractivity contribution is -0.117. The van der Waals surface area contributed by atoms with Crippen LogP contribution in [0.25, 0.3) is 0 Å². The quantitative estimate of drug-likeness (QED) is 0.640. The van der Waals surface area contributed by atoms with E-state index in [4.69, 9.17) is 11.6 Å². The molecule has 1 aromatic heterocycles. The number of rotatable bonds is 5. The highest BCUT2D eigenvalue weighted by Crippen LogP contribution is 2.23. The third kappa shape index (κ3) is 3.22. The fourth-order valence-corrected chi connectivity index (χ4v) is 0.758. The standard InChI is InChI=1S/C6H6ClF4N3O/c7-1-3-13-14-5(15-3)12-2-6(10,11)4(8)9/h4H,1-2H2,(H,12,14). The van der Waals surface area contributed by atoms with E-state index in [0.29, 0.717) is 0 Å². The Morgan fingerprint density at radius 3 is 2.53 bits per heavy atom. The summed E-state index contributed by atoms with van der Waals surface area (Å²) < 4.78 is 52.9. The summed E-state index contributed by atoms with van der Waals surface area (Å²) in [7, 11) is 0. The van der Waals surface area contributed by atoms with Crippen molar-refractivity contribution in [2.45, 2.75) is 18.2 Å². The molecule has 0 unspecified atom stereocenters. The van der Waals surface area contributed by atoms with Crippen molar-refractivity contribution in [1.82, 2.24) is 10.2 Å². The molecular weight excluding hydrogens is 242 g/mol. The first-order valence-corrected chi connectivity index (χ1v) is 4.27. The van der Waals surface area contributed by atoms with Gasteiger partial charge in [-0.05, 0) is 0 Å². The molecule has 9 heteroatoms. The van der Waals surface area contributed by atoms with Crippen molar-refractivity contribution in [2.75, 3.05) is 11.9 Å². The Balaban J connectivity index is 2.50. The van der Waals surface area contributed by atoms with Crippen molar-refractivity contribution in [2.24, 2.45) is 0 Å². The Labute approximate surface area is 86.6 Å². The van der Waals surface area contributed by atoms with E-state index in [2.05, 4.69) is 14.6 Å². The van der Waals surface area contributed by atoms with Crippen LogP contribution >= 0.6 is 11.6 Å². The molecule has 1 rings (SSSR count). The molecule has 0 amide bonds. The Morgan fingerprint density at radius 1 is 1.40 bits per heavy atom. The molecule has 1 N–H and O–H groups in total. The lowest BCUT2D eigenvalue weighted by Gasteiger charge is -2.14. The number of hydrogen-bond acceptors (Lipinski definition) is 4. The fourth-order valence-electron chi connectivity index (χ4n) is 0.650. The molecule has 0 aliphatic carbocycles. The lowest BCUT2D eigenvalue weighted by atomic mass is 10.3. The molecule has 0 spiro atoms. The van der Waals surface area contributed by atoms with Gasteiger partial charge in [0, 0.05) is 0 Å². The third-order valence-corrected chi connectivity index (χ3v) is 1.60. The summed E-state index contributed by atoms with van der Waals surface area (Å²) >= 11 is 5.29. The largest absolute Gasteiger partial charge is 0.407 e. The molecule has 1 heterocycles. The zero-order valence-corrected chi connectivity index (χ0v) is 7.94. The topological polar surface area (TPSA) is 51.0 Å². The molecule has 0 aromatic carbocycles. The second-order valence-corrected chi connectivity index (χ2v) is 2.82. The van der Waals surface area contributed by atoms with Crippen molar-refractivity contribution < 1.29 is 22.0 Å². The number of alkyl halides is 5. The number of halogens is 5. The highest BCUT2D eigenvalue weighted by Gasteiger charge is 2.40. The van der Waals surface area contributed by atoms with Gasteiger partial charge in [0.2, 0.25) is 5.89 Å². The van der Waals surface area contributed by atoms with Gasteiger partial charge >= 0.3 is 18.4 Å². The first-order valence-electron chi connectivity index (χ1n) is 3.74. The van der Waals surface area contributed by atoms with Gasteiger partial charge in [-0.15, -0.1) is 16.7 Å². The van der Waals surface area contributed by atoms with Gasteiger partial charge in [0.25, 0.3) is 0 Å². The molecule has 0 saturated carbocycles. The summed E-state index contributed by atoms with van der Waals surface area (Å²) in [5.74, 6) is -4.21. The van der Waals surface area contributed by atoms with Gasteiger partial charge in [0.15, 0.2) is 0 Å². The molecule has 0 atom stereocenters. The average Bonchev–Trinajstić information content (AvgIpc) is 2.62. The van der Waals surface area contributed by atoms with Crippen LogP contribution in [0, 0.1) is 0 Å². The van der Waals surface area contributed by atoms with E-state index in [-0.39, 0.29) is 17.8 Å².